The molecule has 0 aromatic heterocycles. The Morgan fingerprint density at radius 1 is 0.727 bits per heavy atom. The van der Waals surface area contributed by atoms with Crippen LogP contribution in [0.25, 0.3) is 5.57 Å². The van der Waals surface area contributed by atoms with Gasteiger partial charge in [0.1, 0.15) is 0 Å². The second-order valence-corrected chi connectivity index (χ2v) is 9.39. The molecule has 1 aliphatic heterocycles. The van der Waals surface area contributed by atoms with Crippen molar-refractivity contribution in [2.24, 2.45) is 10.8 Å². The van der Waals surface area contributed by atoms with E-state index in [1.807, 2.05) is 0 Å². The Morgan fingerprint density at radius 3 is 1.91 bits per heavy atom. The van der Waals surface area contributed by atoms with Crippen LogP contribution in [0, 0.1) is 10.8 Å². The molecule has 0 unspecified atom stereocenters. The highest BCUT2D eigenvalue weighted by atomic mass is 31.1. The van der Waals surface area contributed by atoms with E-state index in [1.165, 1.54) is 41.1 Å². The van der Waals surface area contributed by atoms with Gasteiger partial charge in [-0.3, -0.25) is 0 Å². The number of benzene rings is 1. The number of hydrogen-bond donors (Lipinski definition) is 0. The van der Waals surface area contributed by atoms with Gasteiger partial charge in [0.25, 0.3) is 0 Å². The van der Waals surface area contributed by atoms with Gasteiger partial charge in [0, 0.05) is 5.29 Å². The molecular formula is C21H25P. The lowest BCUT2D eigenvalue weighted by Crippen LogP contribution is -2.14. The third-order valence-electron chi connectivity index (χ3n) is 4.26. The molecule has 1 aromatic carbocycles. The molecule has 0 fully saturated rings. The lowest BCUT2D eigenvalue weighted by molar-refractivity contribution is 0.527. The third kappa shape index (κ3) is 2.66. The van der Waals surface area contributed by atoms with E-state index in [-0.39, 0.29) is 10.8 Å². The SMILES string of the molecule is CC(C)(C)C1=CC2=C(c3ccccc3)C=C(C(C)(C)C)C2=P1. The molecule has 0 saturated carbocycles. The molecule has 0 saturated heterocycles. The van der Waals surface area contributed by atoms with Gasteiger partial charge in [-0.2, -0.15) is 0 Å². The largest absolute Gasteiger partial charge is 0.0634 e. The van der Waals surface area contributed by atoms with E-state index in [0.717, 1.165) is 0 Å². The zero-order chi connectivity index (χ0) is 16.1. The maximum Gasteiger partial charge on any atom is 0.0137 e. The number of hydrogen-bond acceptors (Lipinski definition) is 0. The molecule has 1 aromatic rings. The topological polar surface area (TPSA) is 0 Å². The monoisotopic (exact) mass is 308 g/mol. The van der Waals surface area contributed by atoms with Crippen molar-refractivity contribution in [2.45, 2.75) is 41.5 Å². The molecule has 3 rings (SSSR count). The third-order valence-corrected chi connectivity index (χ3v) is 6.01. The molecular weight excluding hydrogens is 283 g/mol. The standard InChI is InChI=1S/C21H25P/c1-20(2,3)17-12-15(14-10-8-7-9-11-14)16-13-18(21(4,5)6)22-19(16)17/h7-13H,1-6H3. The maximum absolute atomic E-state index is 2.44. The van der Waals surface area contributed by atoms with Gasteiger partial charge in [-0.1, -0.05) is 80.1 Å². The molecule has 1 heterocycles. The fourth-order valence-electron chi connectivity index (χ4n) is 2.93. The first kappa shape index (κ1) is 15.5. The van der Waals surface area contributed by atoms with Gasteiger partial charge in [-0.25, -0.2) is 0 Å². The van der Waals surface area contributed by atoms with E-state index in [4.69, 9.17) is 0 Å². The molecule has 0 N–H and O–H groups in total. The molecule has 0 atom stereocenters. The minimum absolute atomic E-state index is 0.186. The van der Waals surface area contributed by atoms with Gasteiger partial charge in [-0.15, -0.1) is 0 Å². The second kappa shape index (κ2) is 5.07. The zero-order valence-electron chi connectivity index (χ0n) is 14.5. The molecule has 114 valence electrons. The van der Waals surface area contributed by atoms with Crippen LogP contribution in [0.15, 0.2) is 58.9 Å². The van der Waals surface area contributed by atoms with E-state index in [1.54, 1.807) is 0 Å². The second-order valence-electron chi connectivity index (χ2n) is 8.24. The first-order valence-corrected chi connectivity index (χ1v) is 8.91. The van der Waals surface area contributed by atoms with E-state index >= 15 is 0 Å². The van der Waals surface area contributed by atoms with Crippen molar-refractivity contribution in [3.63, 3.8) is 0 Å². The lowest BCUT2D eigenvalue weighted by atomic mass is 9.84. The predicted octanol–water partition coefficient (Wildman–Crippen LogP) is 6.49. The van der Waals surface area contributed by atoms with Crippen LogP contribution in [0.3, 0.4) is 0 Å². The van der Waals surface area contributed by atoms with Gasteiger partial charge >= 0.3 is 0 Å². The first-order valence-electron chi connectivity index (χ1n) is 8.01. The fourth-order valence-corrected chi connectivity index (χ4v) is 4.53. The van der Waals surface area contributed by atoms with Crippen molar-refractivity contribution in [2.75, 3.05) is 0 Å². The highest BCUT2D eigenvalue weighted by Gasteiger charge is 2.34. The summed E-state index contributed by atoms with van der Waals surface area (Å²) in [5.41, 5.74) is 6.09. The zero-order valence-corrected chi connectivity index (χ0v) is 15.4. The molecule has 0 radical (unpaired) electrons. The summed E-state index contributed by atoms with van der Waals surface area (Å²) in [6.45, 7) is 13.9. The Kier molecular flexibility index (Phi) is 3.57. The van der Waals surface area contributed by atoms with Crippen LogP contribution in [-0.4, -0.2) is 5.29 Å². The Bertz CT molecular complexity index is 726. The summed E-state index contributed by atoms with van der Waals surface area (Å²) in [6.07, 6.45) is 4.86. The molecule has 2 aliphatic rings. The summed E-state index contributed by atoms with van der Waals surface area (Å²) in [5.74, 6) is 0. The molecule has 1 aliphatic carbocycles. The summed E-state index contributed by atoms with van der Waals surface area (Å²) in [6, 6.07) is 10.8. The molecule has 0 amide bonds. The van der Waals surface area contributed by atoms with Crippen molar-refractivity contribution >= 4 is 19.1 Å². The maximum atomic E-state index is 2.44. The van der Waals surface area contributed by atoms with Crippen LogP contribution in [0.4, 0.5) is 0 Å². The predicted molar refractivity (Wildman–Crippen MR) is 100 cm³/mol. The van der Waals surface area contributed by atoms with Crippen LogP contribution in [-0.2, 0) is 0 Å². The van der Waals surface area contributed by atoms with E-state index < -0.39 is 0 Å². The number of fused-ring (bicyclic) bond motifs is 1. The van der Waals surface area contributed by atoms with Crippen LogP contribution < -0.4 is 0 Å². The van der Waals surface area contributed by atoms with Gasteiger partial charge < -0.3 is 0 Å². The smallest absolute Gasteiger partial charge is 0.0137 e. The van der Waals surface area contributed by atoms with Crippen molar-refractivity contribution in [1.82, 2.24) is 0 Å². The van der Waals surface area contributed by atoms with E-state index in [9.17, 15) is 0 Å². The Labute approximate surface area is 136 Å². The van der Waals surface area contributed by atoms with Crippen molar-refractivity contribution in [1.29, 1.82) is 0 Å². The van der Waals surface area contributed by atoms with Gasteiger partial charge in [-0.05, 0) is 50.6 Å². The van der Waals surface area contributed by atoms with Crippen LogP contribution in [0.1, 0.15) is 47.1 Å². The normalized spacial score (nSPS) is 18.9. The van der Waals surface area contributed by atoms with Gasteiger partial charge in [0.05, 0.1) is 0 Å². The quantitative estimate of drug-likeness (QED) is 0.520. The lowest BCUT2D eigenvalue weighted by Gasteiger charge is -2.22. The molecule has 0 spiro atoms. The minimum atomic E-state index is 0.186. The van der Waals surface area contributed by atoms with Gasteiger partial charge in [0.15, 0.2) is 0 Å². The van der Waals surface area contributed by atoms with Crippen molar-refractivity contribution in [3.8, 4) is 0 Å². The Hall–Kier alpha value is -1.39. The Morgan fingerprint density at radius 2 is 1.36 bits per heavy atom. The summed E-state index contributed by atoms with van der Waals surface area (Å²) in [5, 5.41) is 3.05. The highest BCUT2D eigenvalue weighted by molar-refractivity contribution is 7.47. The van der Waals surface area contributed by atoms with Crippen molar-refractivity contribution < 1.29 is 0 Å². The molecule has 0 bridgehead atoms. The highest BCUT2D eigenvalue weighted by Crippen LogP contribution is 2.50. The number of allylic oxidation sites excluding steroid dienone is 6. The fraction of sp³-hybridized carbons (Fsp3) is 0.381. The summed E-state index contributed by atoms with van der Waals surface area (Å²) >= 11 is 0. The Balaban J connectivity index is 2.18. The van der Waals surface area contributed by atoms with E-state index in [2.05, 4.69) is 84.0 Å². The average Bonchev–Trinajstić information content (AvgIpc) is 2.96. The average molecular weight is 308 g/mol. The summed E-state index contributed by atoms with van der Waals surface area (Å²) < 4.78 is 0. The summed E-state index contributed by atoms with van der Waals surface area (Å²) in [4.78, 5) is 0. The minimum Gasteiger partial charge on any atom is -0.0634 e. The molecule has 0 nitrogen and oxygen atoms in total. The van der Waals surface area contributed by atoms with Crippen LogP contribution >= 0.6 is 8.20 Å². The van der Waals surface area contributed by atoms with Crippen LogP contribution in [0.5, 0.6) is 0 Å². The van der Waals surface area contributed by atoms with Gasteiger partial charge in [0.2, 0.25) is 0 Å². The van der Waals surface area contributed by atoms with Crippen molar-refractivity contribution in [3.05, 3.63) is 64.5 Å². The number of rotatable bonds is 1. The molecule has 22 heavy (non-hydrogen) atoms. The molecule has 1 heteroatoms. The first-order chi connectivity index (χ1) is 10.2. The van der Waals surface area contributed by atoms with E-state index in [0.29, 0.717) is 0 Å². The van der Waals surface area contributed by atoms with Crippen LogP contribution in [0.2, 0.25) is 0 Å². The summed E-state index contributed by atoms with van der Waals surface area (Å²) in [7, 11) is 1.40.